The molecule has 0 bridgehead atoms. The first-order chi connectivity index (χ1) is 5.18. The fourth-order valence-electron chi connectivity index (χ4n) is 1.90. The molecule has 0 atom stereocenters. The lowest BCUT2D eigenvalue weighted by Gasteiger charge is -2.28. The average molecular weight is 155 g/mol. The van der Waals surface area contributed by atoms with Gasteiger partial charge in [-0.25, -0.2) is 0 Å². The molecule has 1 heteroatoms. The molecule has 1 aliphatic carbocycles. The van der Waals surface area contributed by atoms with Crippen molar-refractivity contribution >= 4 is 0 Å². The topological polar surface area (TPSA) is 12.0 Å². The Hall–Kier alpha value is -0.0400. The molecule has 0 aromatic carbocycles. The van der Waals surface area contributed by atoms with Gasteiger partial charge in [-0.1, -0.05) is 20.8 Å². The summed E-state index contributed by atoms with van der Waals surface area (Å²) in [5.74, 6) is 0.972. The van der Waals surface area contributed by atoms with E-state index in [2.05, 4.69) is 26.1 Å². The molecule has 0 unspecified atom stereocenters. The summed E-state index contributed by atoms with van der Waals surface area (Å²) in [6.45, 7) is 6.83. The van der Waals surface area contributed by atoms with Gasteiger partial charge in [-0.2, -0.15) is 0 Å². The minimum Gasteiger partial charge on any atom is -0.312 e. The molecule has 1 aliphatic rings. The Labute approximate surface area is 70.6 Å². The highest BCUT2D eigenvalue weighted by atomic mass is 14.9. The van der Waals surface area contributed by atoms with E-state index in [0.717, 1.165) is 12.0 Å². The molecule has 0 amide bonds. The predicted octanol–water partition coefficient (Wildman–Crippen LogP) is 2.56. The molecule has 0 aromatic rings. The Morgan fingerprint density at radius 1 is 1.09 bits per heavy atom. The number of nitrogens with one attached hydrogen (secondary N) is 1. The molecule has 0 radical (unpaired) electrons. The van der Waals surface area contributed by atoms with Crippen molar-refractivity contribution in [1.82, 2.24) is 5.32 Å². The average Bonchev–Trinajstić information content (AvgIpc) is 1.93. The molecule has 1 fully saturated rings. The van der Waals surface area contributed by atoms with Crippen LogP contribution in [0.25, 0.3) is 0 Å². The van der Waals surface area contributed by atoms with Crippen molar-refractivity contribution in [2.24, 2.45) is 5.92 Å². The van der Waals surface area contributed by atoms with E-state index in [-0.39, 0.29) is 0 Å². The fraction of sp³-hybridized carbons (Fsp3) is 1.00. The fourth-order valence-corrected chi connectivity index (χ4v) is 1.90. The highest BCUT2D eigenvalue weighted by Crippen LogP contribution is 2.23. The first kappa shape index (κ1) is 9.05. The van der Waals surface area contributed by atoms with Gasteiger partial charge in [0, 0.05) is 12.1 Å². The van der Waals surface area contributed by atoms with E-state index in [0.29, 0.717) is 6.04 Å². The van der Waals surface area contributed by atoms with Gasteiger partial charge in [0.25, 0.3) is 0 Å². The third-order valence-electron chi connectivity index (χ3n) is 2.58. The van der Waals surface area contributed by atoms with Crippen LogP contribution in [0.3, 0.4) is 0 Å². The largest absolute Gasteiger partial charge is 0.312 e. The van der Waals surface area contributed by atoms with E-state index in [1.165, 1.54) is 25.7 Å². The van der Waals surface area contributed by atoms with Crippen LogP contribution in [0.1, 0.15) is 46.5 Å². The number of hydrogen-bond donors (Lipinski definition) is 1. The standard InChI is InChI=1S/C10H21N/c1-8(2)11-10-6-4-9(3)5-7-10/h8-11H,4-7H2,1-3H3/t9-,10+. The van der Waals surface area contributed by atoms with Gasteiger partial charge in [-0.15, -0.1) is 0 Å². The van der Waals surface area contributed by atoms with Crippen molar-refractivity contribution in [2.45, 2.75) is 58.5 Å². The molecule has 0 saturated heterocycles. The zero-order chi connectivity index (χ0) is 8.27. The van der Waals surface area contributed by atoms with Crippen LogP contribution < -0.4 is 5.32 Å². The number of hydrogen-bond acceptors (Lipinski definition) is 1. The molecule has 1 N–H and O–H groups in total. The smallest absolute Gasteiger partial charge is 0.00696 e. The van der Waals surface area contributed by atoms with E-state index in [1.54, 1.807) is 0 Å². The normalized spacial score (nSPS) is 32.7. The van der Waals surface area contributed by atoms with Crippen LogP contribution in [0.5, 0.6) is 0 Å². The minimum absolute atomic E-state index is 0.661. The van der Waals surface area contributed by atoms with Crippen molar-refractivity contribution in [1.29, 1.82) is 0 Å². The third kappa shape index (κ3) is 3.24. The summed E-state index contributed by atoms with van der Waals surface area (Å²) in [4.78, 5) is 0. The second-order valence-corrected chi connectivity index (χ2v) is 4.28. The van der Waals surface area contributed by atoms with Gasteiger partial charge in [0.1, 0.15) is 0 Å². The second kappa shape index (κ2) is 4.10. The Kier molecular flexibility index (Phi) is 3.38. The van der Waals surface area contributed by atoms with Crippen molar-refractivity contribution in [3.05, 3.63) is 0 Å². The SMILES string of the molecule is CC(C)N[C@H]1CC[C@@H](C)CC1. The molecular formula is C10H21N. The van der Waals surface area contributed by atoms with Crippen LogP contribution in [-0.2, 0) is 0 Å². The van der Waals surface area contributed by atoms with Gasteiger partial charge < -0.3 is 5.32 Å². The lowest BCUT2D eigenvalue weighted by atomic mass is 9.87. The predicted molar refractivity (Wildman–Crippen MR) is 49.7 cm³/mol. The van der Waals surface area contributed by atoms with Gasteiger partial charge in [-0.05, 0) is 31.6 Å². The van der Waals surface area contributed by atoms with Crippen molar-refractivity contribution in [3.8, 4) is 0 Å². The Morgan fingerprint density at radius 3 is 2.09 bits per heavy atom. The van der Waals surface area contributed by atoms with Crippen molar-refractivity contribution in [2.75, 3.05) is 0 Å². The summed E-state index contributed by atoms with van der Waals surface area (Å²) in [7, 11) is 0. The third-order valence-corrected chi connectivity index (χ3v) is 2.58. The maximum absolute atomic E-state index is 3.60. The molecule has 1 rings (SSSR count). The first-order valence-electron chi connectivity index (χ1n) is 4.94. The van der Waals surface area contributed by atoms with Crippen LogP contribution in [0.4, 0.5) is 0 Å². The minimum atomic E-state index is 0.661. The van der Waals surface area contributed by atoms with E-state index in [9.17, 15) is 0 Å². The van der Waals surface area contributed by atoms with Crippen LogP contribution in [-0.4, -0.2) is 12.1 Å². The molecule has 66 valence electrons. The van der Waals surface area contributed by atoms with Crippen LogP contribution >= 0.6 is 0 Å². The lowest BCUT2D eigenvalue weighted by Crippen LogP contribution is -2.37. The zero-order valence-electron chi connectivity index (χ0n) is 8.06. The van der Waals surface area contributed by atoms with Crippen LogP contribution in [0, 0.1) is 5.92 Å². The summed E-state index contributed by atoms with van der Waals surface area (Å²) in [6, 6.07) is 1.47. The van der Waals surface area contributed by atoms with Gasteiger partial charge in [0.2, 0.25) is 0 Å². The second-order valence-electron chi connectivity index (χ2n) is 4.28. The number of rotatable bonds is 2. The molecule has 1 nitrogen and oxygen atoms in total. The van der Waals surface area contributed by atoms with Gasteiger partial charge >= 0.3 is 0 Å². The summed E-state index contributed by atoms with van der Waals surface area (Å²) in [6.07, 6.45) is 5.62. The van der Waals surface area contributed by atoms with Gasteiger partial charge in [0.05, 0.1) is 0 Å². The van der Waals surface area contributed by atoms with Crippen LogP contribution in [0.2, 0.25) is 0 Å². The molecule has 0 aliphatic heterocycles. The Bertz CT molecular complexity index is 101. The maximum atomic E-state index is 3.60. The van der Waals surface area contributed by atoms with Gasteiger partial charge in [-0.3, -0.25) is 0 Å². The first-order valence-corrected chi connectivity index (χ1v) is 4.94. The molecular weight excluding hydrogens is 134 g/mol. The van der Waals surface area contributed by atoms with E-state index >= 15 is 0 Å². The summed E-state index contributed by atoms with van der Waals surface area (Å²) < 4.78 is 0. The van der Waals surface area contributed by atoms with Crippen molar-refractivity contribution < 1.29 is 0 Å². The maximum Gasteiger partial charge on any atom is 0.00696 e. The van der Waals surface area contributed by atoms with E-state index in [4.69, 9.17) is 0 Å². The monoisotopic (exact) mass is 155 g/mol. The van der Waals surface area contributed by atoms with Crippen molar-refractivity contribution in [3.63, 3.8) is 0 Å². The molecule has 0 spiro atoms. The molecule has 1 saturated carbocycles. The summed E-state index contributed by atoms with van der Waals surface area (Å²) in [5, 5.41) is 3.60. The molecule has 0 heterocycles. The highest BCUT2D eigenvalue weighted by molar-refractivity contribution is 4.76. The quantitative estimate of drug-likeness (QED) is 0.646. The zero-order valence-corrected chi connectivity index (χ0v) is 8.06. The Balaban J connectivity index is 2.17. The lowest BCUT2D eigenvalue weighted by molar-refractivity contribution is 0.295. The summed E-state index contributed by atoms with van der Waals surface area (Å²) in [5.41, 5.74) is 0. The van der Waals surface area contributed by atoms with Crippen LogP contribution in [0.15, 0.2) is 0 Å². The van der Waals surface area contributed by atoms with E-state index in [1.807, 2.05) is 0 Å². The molecule has 0 aromatic heterocycles. The van der Waals surface area contributed by atoms with Gasteiger partial charge in [0.15, 0.2) is 0 Å². The highest BCUT2D eigenvalue weighted by Gasteiger charge is 2.17. The Morgan fingerprint density at radius 2 is 1.64 bits per heavy atom. The molecule has 11 heavy (non-hydrogen) atoms. The summed E-state index contributed by atoms with van der Waals surface area (Å²) >= 11 is 0. The van der Waals surface area contributed by atoms with E-state index < -0.39 is 0 Å².